The molecule has 0 radical (unpaired) electrons. The van der Waals surface area contributed by atoms with Gasteiger partial charge in [-0.1, -0.05) is 60.7 Å². The van der Waals surface area contributed by atoms with Crippen LogP contribution in [0.25, 0.3) is 6.08 Å². The highest BCUT2D eigenvalue weighted by Gasteiger charge is 2.18. The molecular weight excluding hydrogens is 278 g/mol. The standard InChI is InChI=1S/C18H17NO3/c20-17(15-11-5-2-6-12-15)19-16(18(21)22)13-7-10-14-8-3-1-4-9-14/h1-12,16H,13H2,(H,19,20)(H,21,22)/b10-7+/t16-/m1/s1. The third-order valence-corrected chi connectivity index (χ3v) is 3.12. The van der Waals surface area contributed by atoms with Gasteiger partial charge in [-0.05, 0) is 24.1 Å². The molecule has 2 N–H and O–H groups in total. The normalized spacial score (nSPS) is 12.0. The minimum Gasteiger partial charge on any atom is -0.480 e. The van der Waals surface area contributed by atoms with Gasteiger partial charge in [0.2, 0.25) is 0 Å². The SMILES string of the molecule is O=C(N[C@H](C/C=C/c1ccccc1)C(=O)O)c1ccccc1. The quantitative estimate of drug-likeness (QED) is 0.861. The van der Waals surface area contributed by atoms with Gasteiger partial charge in [0.15, 0.2) is 0 Å². The van der Waals surface area contributed by atoms with Crippen molar-refractivity contribution in [1.82, 2.24) is 5.32 Å². The number of hydrogen-bond donors (Lipinski definition) is 2. The van der Waals surface area contributed by atoms with E-state index in [-0.39, 0.29) is 12.3 Å². The lowest BCUT2D eigenvalue weighted by molar-refractivity contribution is -0.139. The molecule has 2 aromatic rings. The molecule has 112 valence electrons. The van der Waals surface area contributed by atoms with Crippen molar-refractivity contribution in [2.75, 3.05) is 0 Å². The van der Waals surface area contributed by atoms with Gasteiger partial charge < -0.3 is 10.4 Å². The van der Waals surface area contributed by atoms with Gasteiger partial charge in [-0.15, -0.1) is 0 Å². The third-order valence-electron chi connectivity index (χ3n) is 3.12. The van der Waals surface area contributed by atoms with Crippen molar-refractivity contribution in [1.29, 1.82) is 0 Å². The molecule has 0 aliphatic carbocycles. The Morgan fingerprint density at radius 1 is 1.00 bits per heavy atom. The van der Waals surface area contributed by atoms with E-state index in [4.69, 9.17) is 0 Å². The van der Waals surface area contributed by atoms with Crippen molar-refractivity contribution >= 4 is 18.0 Å². The topological polar surface area (TPSA) is 66.4 Å². The Hall–Kier alpha value is -2.88. The van der Waals surface area contributed by atoms with Gasteiger partial charge in [-0.2, -0.15) is 0 Å². The van der Waals surface area contributed by atoms with Gasteiger partial charge in [-0.3, -0.25) is 4.79 Å². The molecule has 0 unspecified atom stereocenters. The number of aliphatic carboxylic acids is 1. The second-order valence-corrected chi connectivity index (χ2v) is 4.78. The summed E-state index contributed by atoms with van der Waals surface area (Å²) < 4.78 is 0. The molecule has 0 saturated carbocycles. The first kappa shape index (κ1) is 15.5. The molecule has 1 amide bonds. The lowest BCUT2D eigenvalue weighted by Gasteiger charge is -2.12. The molecule has 0 heterocycles. The zero-order chi connectivity index (χ0) is 15.8. The first-order chi connectivity index (χ1) is 10.7. The van der Waals surface area contributed by atoms with Gasteiger partial charge in [0.05, 0.1) is 0 Å². The maximum Gasteiger partial charge on any atom is 0.326 e. The van der Waals surface area contributed by atoms with Crippen LogP contribution in [0.2, 0.25) is 0 Å². The smallest absolute Gasteiger partial charge is 0.326 e. The molecule has 2 rings (SSSR count). The zero-order valence-corrected chi connectivity index (χ0v) is 12.0. The first-order valence-electron chi connectivity index (χ1n) is 6.97. The van der Waals surface area contributed by atoms with Gasteiger partial charge in [-0.25, -0.2) is 4.79 Å². The Bertz CT molecular complexity index is 651. The number of carbonyl (C=O) groups excluding carboxylic acids is 1. The summed E-state index contributed by atoms with van der Waals surface area (Å²) in [7, 11) is 0. The van der Waals surface area contributed by atoms with Crippen LogP contribution in [0.1, 0.15) is 22.3 Å². The molecule has 22 heavy (non-hydrogen) atoms. The number of carboxylic acid groups (broad SMARTS) is 1. The molecule has 0 aliphatic rings. The van der Waals surface area contributed by atoms with Crippen LogP contribution in [0.5, 0.6) is 0 Å². The predicted octanol–water partition coefficient (Wildman–Crippen LogP) is 2.97. The lowest BCUT2D eigenvalue weighted by atomic mass is 10.1. The predicted molar refractivity (Wildman–Crippen MR) is 85.4 cm³/mol. The number of carbonyl (C=O) groups is 2. The summed E-state index contributed by atoms with van der Waals surface area (Å²) in [5, 5.41) is 11.7. The summed E-state index contributed by atoms with van der Waals surface area (Å²) >= 11 is 0. The van der Waals surface area contributed by atoms with Gasteiger partial charge in [0.25, 0.3) is 5.91 Å². The van der Waals surface area contributed by atoms with Gasteiger partial charge >= 0.3 is 5.97 Å². The molecule has 4 heteroatoms. The molecule has 1 atom stereocenters. The summed E-state index contributed by atoms with van der Waals surface area (Å²) in [6.07, 6.45) is 3.81. The fourth-order valence-corrected chi connectivity index (χ4v) is 1.96. The summed E-state index contributed by atoms with van der Waals surface area (Å²) in [6.45, 7) is 0. The molecular formula is C18H17NO3. The monoisotopic (exact) mass is 295 g/mol. The molecule has 2 aromatic carbocycles. The van der Waals surface area contributed by atoms with Gasteiger partial charge in [0, 0.05) is 5.56 Å². The highest BCUT2D eigenvalue weighted by molar-refractivity contribution is 5.96. The molecule has 0 spiro atoms. The molecule has 4 nitrogen and oxygen atoms in total. The number of carboxylic acids is 1. The highest BCUT2D eigenvalue weighted by atomic mass is 16.4. The minimum atomic E-state index is -1.05. The summed E-state index contributed by atoms with van der Waals surface area (Å²) in [5.41, 5.74) is 1.43. The zero-order valence-electron chi connectivity index (χ0n) is 12.0. The van der Waals surface area contributed by atoms with Crippen molar-refractivity contribution in [3.63, 3.8) is 0 Å². The van der Waals surface area contributed by atoms with Crippen LogP contribution < -0.4 is 5.32 Å². The molecule has 0 aliphatic heterocycles. The maximum absolute atomic E-state index is 12.0. The van der Waals surface area contributed by atoms with Crippen LogP contribution in [-0.2, 0) is 4.79 Å². The Labute approximate surface area is 129 Å². The van der Waals surface area contributed by atoms with Gasteiger partial charge in [0.1, 0.15) is 6.04 Å². The number of benzene rings is 2. The van der Waals surface area contributed by atoms with E-state index in [9.17, 15) is 14.7 Å². The van der Waals surface area contributed by atoms with E-state index in [2.05, 4.69) is 5.32 Å². The van der Waals surface area contributed by atoms with E-state index >= 15 is 0 Å². The third kappa shape index (κ3) is 4.59. The molecule has 0 aromatic heterocycles. The van der Waals surface area contributed by atoms with E-state index in [0.29, 0.717) is 5.56 Å². The number of nitrogens with one attached hydrogen (secondary N) is 1. The van der Waals surface area contributed by atoms with Crippen molar-refractivity contribution < 1.29 is 14.7 Å². The fraction of sp³-hybridized carbons (Fsp3) is 0.111. The highest BCUT2D eigenvalue weighted by Crippen LogP contribution is 2.05. The summed E-state index contributed by atoms with van der Waals surface area (Å²) in [4.78, 5) is 23.3. The van der Waals surface area contributed by atoms with Crippen LogP contribution >= 0.6 is 0 Å². The second kappa shape index (κ2) is 7.78. The Morgan fingerprint density at radius 3 is 2.18 bits per heavy atom. The van der Waals surface area contributed by atoms with E-state index < -0.39 is 12.0 Å². The van der Waals surface area contributed by atoms with Crippen LogP contribution in [0.3, 0.4) is 0 Å². The molecule has 0 saturated heterocycles. The average Bonchev–Trinajstić information content (AvgIpc) is 2.55. The molecule has 0 fully saturated rings. The number of amides is 1. The number of hydrogen-bond acceptors (Lipinski definition) is 2. The van der Waals surface area contributed by atoms with Crippen molar-refractivity contribution in [2.24, 2.45) is 0 Å². The first-order valence-corrected chi connectivity index (χ1v) is 6.97. The van der Waals surface area contributed by atoms with Crippen LogP contribution in [0, 0.1) is 0 Å². The second-order valence-electron chi connectivity index (χ2n) is 4.78. The van der Waals surface area contributed by atoms with E-state index in [1.165, 1.54) is 0 Å². The Balaban J connectivity index is 1.97. The van der Waals surface area contributed by atoms with Crippen molar-refractivity contribution in [2.45, 2.75) is 12.5 Å². The summed E-state index contributed by atoms with van der Waals surface area (Å²) in [6, 6.07) is 17.2. The lowest BCUT2D eigenvalue weighted by Crippen LogP contribution is -2.40. The fourth-order valence-electron chi connectivity index (χ4n) is 1.96. The van der Waals surface area contributed by atoms with E-state index in [1.54, 1.807) is 36.4 Å². The summed E-state index contributed by atoms with van der Waals surface area (Å²) in [5.74, 6) is -1.44. The maximum atomic E-state index is 12.0. The number of rotatable bonds is 6. The van der Waals surface area contributed by atoms with Crippen LogP contribution in [-0.4, -0.2) is 23.0 Å². The van der Waals surface area contributed by atoms with Crippen LogP contribution in [0.4, 0.5) is 0 Å². The van der Waals surface area contributed by atoms with Crippen molar-refractivity contribution in [3.8, 4) is 0 Å². The van der Waals surface area contributed by atoms with E-state index in [0.717, 1.165) is 5.56 Å². The van der Waals surface area contributed by atoms with Crippen molar-refractivity contribution in [3.05, 3.63) is 77.9 Å². The molecule has 0 bridgehead atoms. The Kier molecular flexibility index (Phi) is 5.49. The minimum absolute atomic E-state index is 0.225. The average molecular weight is 295 g/mol. The Morgan fingerprint density at radius 2 is 1.59 bits per heavy atom. The van der Waals surface area contributed by atoms with E-state index in [1.807, 2.05) is 36.4 Å². The van der Waals surface area contributed by atoms with Crippen LogP contribution in [0.15, 0.2) is 66.7 Å². The largest absolute Gasteiger partial charge is 0.480 e.